The van der Waals surface area contributed by atoms with Gasteiger partial charge in [-0.2, -0.15) is 5.10 Å². The predicted octanol–water partition coefficient (Wildman–Crippen LogP) is 3.05. The molecule has 3 aromatic rings. The van der Waals surface area contributed by atoms with Crippen molar-refractivity contribution in [3.63, 3.8) is 0 Å². The molecule has 0 fully saturated rings. The highest BCUT2D eigenvalue weighted by Gasteiger charge is 2.15. The third kappa shape index (κ3) is 3.56. The van der Waals surface area contributed by atoms with Gasteiger partial charge in [0.2, 0.25) is 0 Å². The zero-order chi connectivity index (χ0) is 18.8. The lowest BCUT2D eigenvalue weighted by atomic mass is 10.2. The smallest absolute Gasteiger partial charge is 0.317 e. The van der Waals surface area contributed by atoms with Gasteiger partial charge >= 0.3 is 6.03 Å². The van der Waals surface area contributed by atoms with Crippen LogP contribution in [0.4, 0.5) is 4.79 Å². The first-order valence-electron chi connectivity index (χ1n) is 8.86. The molecule has 0 atom stereocenters. The first kappa shape index (κ1) is 18.0. The lowest BCUT2D eigenvalue weighted by molar-refractivity contribution is 0.205. The van der Waals surface area contributed by atoms with E-state index < -0.39 is 0 Å². The van der Waals surface area contributed by atoms with Gasteiger partial charge in [-0.15, -0.1) is 0 Å². The molecule has 1 aromatic carbocycles. The molecule has 0 bridgehead atoms. The number of aryl methyl sites for hydroxylation is 3. The number of nitrogens with zero attached hydrogens (tertiary/aromatic N) is 4. The highest BCUT2D eigenvalue weighted by atomic mass is 16.2. The van der Waals surface area contributed by atoms with Crippen LogP contribution in [-0.2, 0) is 19.6 Å². The van der Waals surface area contributed by atoms with Crippen LogP contribution in [0.5, 0.6) is 0 Å². The van der Waals surface area contributed by atoms with Gasteiger partial charge in [0.05, 0.1) is 23.3 Å². The van der Waals surface area contributed by atoms with Gasteiger partial charge in [0.15, 0.2) is 0 Å². The third-order valence-electron chi connectivity index (χ3n) is 4.67. The van der Waals surface area contributed by atoms with E-state index in [1.165, 1.54) is 5.56 Å². The zero-order valence-corrected chi connectivity index (χ0v) is 16.1. The van der Waals surface area contributed by atoms with Gasteiger partial charge in [-0.3, -0.25) is 4.68 Å². The Bertz CT molecular complexity index is 939. The number of urea groups is 1. The molecular formula is C19H26N6O. The second kappa shape index (κ2) is 7.19. The molecule has 2 N–H and O–H groups in total. The van der Waals surface area contributed by atoms with E-state index in [1.54, 1.807) is 11.9 Å². The number of benzene rings is 1. The summed E-state index contributed by atoms with van der Waals surface area (Å²) < 4.78 is 1.96. The van der Waals surface area contributed by atoms with Crippen molar-refractivity contribution in [2.24, 2.45) is 0 Å². The Kier molecular flexibility index (Phi) is 4.97. The maximum atomic E-state index is 12.4. The number of carbonyl (C=O) groups is 1. The van der Waals surface area contributed by atoms with Crippen LogP contribution in [0.1, 0.15) is 35.3 Å². The number of fused-ring (bicyclic) bond motifs is 1. The Balaban J connectivity index is 1.63. The molecule has 7 nitrogen and oxygen atoms in total. The average molecular weight is 354 g/mol. The van der Waals surface area contributed by atoms with E-state index in [2.05, 4.69) is 33.4 Å². The first-order valence-corrected chi connectivity index (χ1v) is 8.86. The van der Waals surface area contributed by atoms with Crippen molar-refractivity contribution in [2.75, 3.05) is 7.05 Å². The number of carbonyl (C=O) groups excluding carboxylic acids is 1. The van der Waals surface area contributed by atoms with Gasteiger partial charge in [0.1, 0.15) is 5.82 Å². The van der Waals surface area contributed by atoms with Crippen LogP contribution in [0.25, 0.3) is 11.0 Å². The van der Waals surface area contributed by atoms with E-state index in [9.17, 15) is 4.79 Å². The average Bonchev–Trinajstić information content (AvgIpc) is 3.12. The Morgan fingerprint density at radius 3 is 2.77 bits per heavy atom. The summed E-state index contributed by atoms with van der Waals surface area (Å²) in [6.07, 6.45) is 0. The summed E-state index contributed by atoms with van der Waals surface area (Å²) in [5.74, 6) is 0.773. The van der Waals surface area contributed by atoms with Gasteiger partial charge < -0.3 is 15.2 Å². The van der Waals surface area contributed by atoms with Gasteiger partial charge in [0.25, 0.3) is 0 Å². The van der Waals surface area contributed by atoms with Gasteiger partial charge in [0, 0.05) is 31.4 Å². The molecule has 0 radical (unpaired) electrons. The third-order valence-corrected chi connectivity index (χ3v) is 4.67. The maximum absolute atomic E-state index is 12.4. The highest BCUT2D eigenvalue weighted by Crippen LogP contribution is 2.15. The van der Waals surface area contributed by atoms with E-state index in [0.29, 0.717) is 13.1 Å². The van der Waals surface area contributed by atoms with Crippen LogP contribution in [0.3, 0.4) is 0 Å². The predicted molar refractivity (Wildman–Crippen MR) is 102 cm³/mol. The Labute approximate surface area is 153 Å². The number of amides is 2. The quantitative estimate of drug-likeness (QED) is 0.739. The van der Waals surface area contributed by atoms with Crippen LogP contribution in [0, 0.1) is 20.8 Å². The van der Waals surface area contributed by atoms with E-state index in [1.807, 2.05) is 37.6 Å². The monoisotopic (exact) mass is 354 g/mol. The van der Waals surface area contributed by atoms with Crippen molar-refractivity contribution in [1.82, 2.24) is 30.0 Å². The fourth-order valence-electron chi connectivity index (χ4n) is 3.14. The van der Waals surface area contributed by atoms with E-state index in [0.717, 1.165) is 40.4 Å². The molecule has 0 aliphatic carbocycles. The summed E-state index contributed by atoms with van der Waals surface area (Å²) in [6, 6.07) is 5.94. The number of aromatic amines is 1. The standard InChI is InChI=1S/C19H26N6O/c1-6-25-14(4)15(13(3)23-25)10-20-19(26)24(5)11-18-21-16-8-7-12(2)9-17(16)22-18/h7-9H,6,10-11H2,1-5H3,(H,20,26)(H,21,22). The number of hydrogen-bond donors (Lipinski definition) is 2. The van der Waals surface area contributed by atoms with Gasteiger partial charge in [-0.25, -0.2) is 9.78 Å². The lowest BCUT2D eigenvalue weighted by Gasteiger charge is -2.16. The molecule has 2 aromatic heterocycles. The highest BCUT2D eigenvalue weighted by molar-refractivity contribution is 5.76. The number of imidazole rings is 1. The fraction of sp³-hybridized carbons (Fsp3) is 0.421. The van der Waals surface area contributed by atoms with Crippen LogP contribution in [0.15, 0.2) is 18.2 Å². The van der Waals surface area contributed by atoms with Crippen LogP contribution in [0.2, 0.25) is 0 Å². The molecule has 0 saturated heterocycles. The molecule has 0 saturated carbocycles. The zero-order valence-electron chi connectivity index (χ0n) is 16.1. The molecule has 2 amide bonds. The second-order valence-corrected chi connectivity index (χ2v) is 6.68. The van der Waals surface area contributed by atoms with Crippen molar-refractivity contribution in [3.8, 4) is 0 Å². The normalized spacial score (nSPS) is 11.1. The minimum absolute atomic E-state index is 0.135. The number of nitrogens with one attached hydrogen (secondary N) is 2. The number of aromatic nitrogens is 4. The summed E-state index contributed by atoms with van der Waals surface area (Å²) in [5.41, 5.74) is 6.22. The number of hydrogen-bond acceptors (Lipinski definition) is 3. The minimum atomic E-state index is -0.135. The van der Waals surface area contributed by atoms with Crippen molar-refractivity contribution < 1.29 is 4.79 Å². The van der Waals surface area contributed by atoms with Crippen molar-refractivity contribution >= 4 is 17.1 Å². The molecule has 138 valence electrons. The number of H-pyrrole nitrogens is 1. The van der Waals surface area contributed by atoms with E-state index >= 15 is 0 Å². The van der Waals surface area contributed by atoms with Crippen molar-refractivity contribution in [1.29, 1.82) is 0 Å². The lowest BCUT2D eigenvalue weighted by Crippen LogP contribution is -2.36. The SMILES string of the molecule is CCn1nc(C)c(CNC(=O)N(C)Cc2nc3ccc(C)cc3[nH]2)c1C. The number of rotatable bonds is 5. The molecule has 2 heterocycles. The molecule has 0 spiro atoms. The topological polar surface area (TPSA) is 78.8 Å². The largest absolute Gasteiger partial charge is 0.340 e. The minimum Gasteiger partial charge on any atom is -0.340 e. The molecule has 0 aliphatic heterocycles. The summed E-state index contributed by atoms with van der Waals surface area (Å²) in [5, 5.41) is 7.46. The van der Waals surface area contributed by atoms with E-state index in [4.69, 9.17) is 0 Å². The Morgan fingerprint density at radius 1 is 1.31 bits per heavy atom. The summed E-state index contributed by atoms with van der Waals surface area (Å²) in [7, 11) is 1.77. The van der Waals surface area contributed by atoms with E-state index in [-0.39, 0.29) is 6.03 Å². The van der Waals surface area contributed by atoms with Crippen LogP contribution in [-0.4, -0.2) is 37.7 Å². The summed E-state index contributed by atoms with van der Waals surface area (Å²) >= 11 is 0. The first-order chi connectivity index (χ1) is 12.4. The Hall–Kier alpha value is -2.83. The van der Waals surface area contributed by atoms with Crippen molar-refractivity contribution in [2.45, 2.75) is 47.3 Å². The maximum Gasteiger partial charge on any atom is 0.317 e. The molecular weight excluding hydrogens is 328 g/mol. The van der Waals surface area contributed by atoms with Crippen LogP contribution >= 0.6 is 0 Å². The van der Waals surface area contributed by atoms with Crippen molar-refractivity contribution in [3.05, 3.63) is 46.5 Å². The van der Waals surface area contributed by atoms with Gasteiger partial charge in [-0.1, -0.05) is 6.07 Å². The Morgan fingerprint density at radius 2 is 2.08 bits per heavy atom. The fourth-order valence-corrected chi connectivity index (χ4v) is 3.14. The summed E-state index contributed by atoms with van der Waals surface area (Å²) in [6.45, 7) is 9.83. The molecule has 26 heavy (non-hydrogen) atoms. The molecule has 0 unspecified atom stereocenters. The molecule has 3 rings (SSSR count). The molecule has 7 heteroatoms. The molecule has 0 aliphatic rings. The second-order valence-electron chi connectivity index (χ2n) is 6.68. The van der Waals surface area contributed by atoms with Gasteiger partial charge in [-0.05, 0) is 45.4 Å². The van der Waals surface area contributed by atoms with Crippen LogP contribution < -0.4 is 5.32 Å². The summed E-state index contributed by atoms with van der Waals surface area (Å²) in [4.78, 5) is 21.9.